The number of fused-ring (bicyclic) bond motifs is 1. The van der Waals surface area contributed by atoms with Crippen LogP contribution in [0.4, 0.5) is 0 Å². The zero-order valence-corrected chi connectivity index (χ0v) is 11.5. The van der Waals surface area contributed by atoms with Crippen LogP contribution < -0.4 is 0 Å². The molecule has 0 fully saturated rings. The van der Waals surface area contributed by atoms with Gasteiger partial charge in [-0.15, -0.1) is 11.3 Å². The second-order valence-corrected chi connectivity index (χ2v) is 6.75. The molecular formula is C12H13BrN2S. The first-order chi connectivity index (χ1) is 7.75. The van der Waals surface area contributed by atoms with Gasteiger partial charge in [-0.1, -0.05) is 0 Å². The second kappa shape index (κ2) is 4.00. The van der Waals surface area contributed by atoms with Gasteiger partial charge in [-0.2, -0.15) is 0 Å². The molecule has 0 saturated heterocycles. The van der Waals surface area contributed by atoms with Crippen LogP contribution in [0.3, 0.4) is 0 Å². The Morgan fingerprint density at radius 3 is 3.12 bits per heavy atom. The first-order valence-corrected chi connectivity index (χ1v) is 7.18. The van der Waals surface area contributed by atoms with Crippen LogP contribution in [0.5, 0.6) is 0 Å². The van der Waals surface area contributed by atoms with E-state index in [1.165, 1.54) is 33.6 Å². The summed E-state index contributed by atoms with van der Waals surface area (Å²) >= 11 is 5.26. The SMILES string of the molecule is CC1CCCc2cnc(-c3ccc(Br)s3)n21. The number of rotatable bonds is 1. The molecular weight excluding hydrogens is 284 g/mol. The molecule has 3 heterocycles. The highest BCUT2D eigenvalue weighted by atomic mass is 79.9. The van der Waals surface area contributed by atoms with Gasteiger partial charge in [0.25, 0.3) is 0 Å². The molecule has 0 saturated carbocycles. The van der Waals surface area contributed by atoms with E-state index >= 15 is 0 Å². The van der Waals surface area contributed by atoms with Crippen LogP contribution in [-0.4, -0.2) is 9.55 Å². The molecule has 1 aliphatic rings. The summed E-state index contributed by atoms with van der Waals surface area (Å²) in [5.74, 6) is 1.14. The Labute approximate surface area is 107 Å². The second-order valence-electron chi connectivity index (χ2n) is 4.29. The average molecular weight is 297 g/mol. The van der Waals surface area contributed by atoms with Gasteiger partial charge >= 0.3 is 0 Å². The van der Waals surface area contributed by atoms with E-state index in [-0.39, 0.29) is 0 Å². The van der Waals surface area contributed by atoms with E-state index in [0.29, 0.717) is 6.04 Å². The fourth-order valence-electron chi connectivity index (χ4n) is 2.40. The number of nitrogens with zero attached hydrogens (tertiary/aromatic N) is 2. The predicted octanol–water partition coefficient (Wildman–Crippen LogP) is 4.27. The van der Waals surface area contributed by atoms with Crippen LogP contribution in [0.2, 0.25) is 0 Å². The molecule has 0 aromatic carbocycles. The summed E-state index contributed by atoms with van der Waals surface area (Å²) in [5.41, 5.74) is 1.39. The molecule has 0 amide bonds. The normalized spacial score (nSPS) is 19.8. The van der Waals surface area contributed by atoms with Crippen molar-refractivity contribution in [2.24, 2.45) is 0 Å². The first kappa shape index (κ1) is 10.5. The fraction of sp³-hybridized carbons (Fsp3) is 0.417. The number of hydrogen-bond acceptors (Lipinski definition) is 2. The van der Waals surface area contributed by atoms with Crippen molar-refractivity contribution in [1.82, 2.24) is 9.55 Å². The van der Waals surface area contributed by atoms with E-state index in [0.717, 1.165) is 5.82 Å². The maximum absolute atomic E-state index is 4.58. The molecule has 0 N–H and O–H groups in total. The number of thiophene rings is 1. The van der Waals surface area contributed by atoms with Gasteiger partial charge < -0.3 is 4.57 Å². The number of aryl methyl sites for hydroxylation is 1. The van der Waals surface area contributed by atoms with Crippen LogP contribution in [-0.2, 0) is 6.42 Å². The average Bonchev–Trinajstić information content (AvgIpc) is 2.84. The zero-order chi connectivity index (χ0) is 11.1. The third kappa shape index (κ3) is 1.64. The number of halogens is 1. The Balaban J connectivity index is 2.12. The highest BCUT2D eigenvalue weighted by Gasteiger charge is 2.21. The molecule has 2 aromatic heterocycles. The van der Waals surface area contributed by atoms with E-state index in [1.807, 2.05) is 6.20 Å². The molecule has 16 heavy (non-hydrogen) atoms. The van der Waals surface area contributed by atoms with Crippen molar-refractivity contribution in [3.63, 3.8) is 0 Å². The van der Waals surface area contributed by atoms with Gasteiger partial charge in [0, 0.05) is 17.9 Å². The fourth-order valence-corrected chi connectivity index (χ4v) is 3.78. The first-order valence-electron chi connectivity index (χ1n) is 5.57. The molecule has 0 bridgehead atoms. The van der Waals surface area contributed by atoms with Crippen LogP contribution in [0, 0.1) is 0 Å². The van der Waals surface area contributed by atoms with Crippen molar-refractivity contribution in [2.45, 2.75) is 32.2 Å². The van der Waals surface area contributed by atoms with Crippen LogP contribution >= 0.6 is 27.3 Å². The molecule has 0 spiro atoms. The van der Waals surface area contributed by atoms with Crippen LogP contribution in [0.25, 0.3) is 10.7 Å². The summed E-state index contributed by atoms with van der Waals surface area (Å²) in [6.07, 6.45) is 5.77. The molecule has 1 atom stereocenters. The lowest BCUT2D eigenvalue weighted by atomic mass is 10.0. The van der Waals surface area contributed by atoms with Crippen LogP contribution in [0.15, 0.2) is 22.1 Å². The molecule has 0 radical (unpaired) electrons. The number of aromatic nitrogens is 2. The van der Waals surface area contributed by atoms with Crippen molar-refractivity contribution in [3.8, 4) is 10.7 Å². The number of imidazole rings is 1. The third-order valence-electron chi connectivity index (χ3n) is 3.16. The van der Waals surface area contributed by atoms with Gasteiger partial charge in [-0.05, 0) is 54.2 Å². The minimum Gasteiger partial charge on any atom is -0.325 e. The Morgan fingerprint density at radius 1 is 1.50 bits per heavy atom. The highest BCUT2D eigenvalue weighted by molar-refractivity contribution is 9.11. The third-order valence-corrected chi connectivity index (χ3v) is 4.78. The minimum absolute atomic E-state index is 0.585. The molecule has 4 heteroatoms. The monoisotopic (exact) mass is 296 g/mol. The van der Waals surface area contributed by atoms with Crippen molar-refractivity contribution < 1.29 is 0 Å². The highest BCUT2D eigenvalue weighted by Crippen LogP contribution is 2.35. The minimum atomic E-state index is 0.585. The Morgan fingerprint density at radius 2 is 2.38 bits per heavy atom. The van der Waals surface area contributed by atoms with Gasteiger partial charge in [-0.25, -0.2) is 4.98 Å². The topological polar surface area (TPSA) is 17.8 Å². The maximum Gasteiger partial charge on any atom is 0.150 e. The van der Waals surface area contributed by atoms with Gasteiger partial charge in [0.05, 0.1) is 8.66 Å². The molecule has 84 valence electrons. The van der Waals surface area contributed by atoms with Crippen molar-refractivity contribution in [1.29, 1.82) is 0 Å². The summed E-state index contributed by atoms with van der Waals surface area (Å²) in [6, 6.07) is 4.82. The zero-order valence-electron chi connectivity index (χ0n) is 9.11. The summed E-state index contributed by atoms with van der Waals surface area (Å²) < 4.78 is 3.57. The standard InChI is InChI=1S/C12H13BrN2S/c1-8-3-2-4-9-7-14-12(15(8)9)10-5-6-11(13)16-10/h5-8H,2-4H2,1H3. The molecule has 2 aromatic rings. The van der Waals surface area contributed by atoms with E-state index in [4.69, 9.17) is 0 Å². The Hall–Kier alpha value is -0.610. The van der Waals surface area contributed by atoms with Crippen molar-refractivity contribution >= 4 is 27.3 Å². The summed E-state index contributed by atoms with van der Waals surface area (Å²) in [6.45, 7) is 2.29. The molecule has 2 nitrogen and oxygen atoms in total. The molecule has 1 aliphatic heterocycles. The Bertz CT molecular complexity index is 515. The van der Waals surface area contributed by atoms with E-state index in [9.17, 15) is 0 Å². The quantitative estimate of drug-likeness (QED) is 0.768. The van der Waals surface area contributed by atoms with Gasteiger partial charge in [0.15, 0.2) is 5.82 Å². The molecule has 0 aliphatic carbocycles. The molecule has 1 unspecified atom stereocenters. The summed E-state index contributed by atoms with van der Waals surface area (Å²) in [5, 5.41) is 0. The van der Waals surface area contributed by atoms with Crippen molar-refractivity contribution in [2.75, 3.05) is 0 Å². The van der Waals surface area contributed by atoms with Gasteiger partial charge in [0.1, 0.15) is 0 Å². The lowest BCUT2D eigenvalue weighted by molar-refractivity contribution is 0.436. The largest absolute Gasteiger partial charge is 0.325 e. The predicted molar refractivity (Wildman–Crippen MR) is 70.9 cm³/mol. The lowest BCUT2D eigenvalue weighted by Gasteiger charge is -2.23. The van der Waals surface area contributed by atoms with Gasteiger partial charge in [-0.3, -0.25) is 0 Å². The smallest absolute Gasteiger partial charge is 0.150 e. The molecule has 3 rings (SSSR count). The van der Waals surface area contributed by atoms with E-state index in [2.05, 4.69) is 44.5 Å². The summed E-state index contributed by atoms with van der Waals surface area (Å²) in [7, 11) is 0. The van der Waals surface area contributed by atoms with E-state index in [1.54, 1.807) is 11.3 Å². The summed E-state index contributed by atoms with van der Waals surface area (Å²) in [4.78, 5) is 5.84. The van der Waals surface area contributed by atoms with Crippen LogP contribution in [0.1, 0.15) is 31.5 Å². The van der Waals surface area contributed by atoms with Crippen molar-refractivity contribution in [3.05, 3.63) is 27.8 Å². The Kier molecular flexibility index (Phi) is 2.64. The van der Waals surface area contributed by atoms with E-state index < -0.39 is 0 Å². The van der Waals surface area contributed by atoms with Gasteiger partial charge in [0.2, 0.25) is 0 Å². The number of hydrogen-bond donors (Lipinski definition) is 0. The maximum atomic E-state index is 4.58. The lowest BCUT2D eigenvalue weighted by Crippen LogP contribution is -2.15.